The second-order valence-electron chi connectivity index (χ2n) is 7.17. The average molecular weight is 386 g/mol. The smallest absolute Gasteiger partial charge is 0.330 e. The van der Waals surface area contributed by atoms with Crippen molar-refractivity contribution < 1.29 is 4.84 Å². The zero-order chi connectivity index (χ0) is 20.4. The zero-order valence-corrected chi connectivity index (χ0v) is 17.0. The largest absolute Gasteiger partial charge is 0.350 e. The molecule has 1 unspecified atom stereocenters. The summed E-state index contributed by atoms with van der Waals surface area (Å²) in [5, 5.41) is 3.93. The van der Waals surface area contributed by atoms with Gasteiger partial charge in [-0.1, -0.05) is 91.0 Å². The van der Waals surface area contributed by atoms with E-state index in [0.29, 0.717) is 13.0 Å². The minimum atomic E-state index is -0.338. The van der Waals surface area contributed by atoms with E-state index in [1.165, 1.54) is 16.7 Å². The van der Waals surface area contributed by atoms with Crippen molar-refractivity contribution in [2.45, 2.75) is 24.7 Å². The maximum atomic E-state index is 5.92. The highest BCUT2D eigenvalue weighted by Crippen LogP contribution is 2.48. The second kappa shape index (κ2) is 10.5. The van der Waals surface area contributed by atoms with Crippen molar-refractivity contribution in [2.24, 2.45) is 11.7 Å². The Bertz CT molecular complexity index is 818. The van der Waals surface area contributed by atoms with Crippen LogP contribution in [0.5, 0.6) is 0 Å². The van der Waals surface area contributed by atoms with E-state index in [9.17, 15) is 0 Å². The lowest BCUT2D eigenvalue weighted by molar-refractivity contribution is 0.322. The molecule has 3 aromatic carbocycles. The Balaban J connectivity index is 2.30. The maximum absolute atomic E-state index is 5.92. The first-order chi connectivity index (χ1) is 14.3. The molecule has 0 saturated heterocycles. The third kappa shape index (κ3) is 4.50. The SMILES string of the molecule is CO[N+]#CCC(CCCN)C(c1ccccc1)(c1ccccc1)c1ccccc1. The summed E-state index contributed by atoms with van der Waals surface area (Å²) in [4.78, 5) is 4.92. The minimum absolute atomic E-state index is 0.220. The molecule has 3 aromatic rings. The molecular weight excluding hydrogens is 356 g/mol. The minimum Gasteiger partial charge on any atom is -0.330 e. The average Bonchev–Trinajstić information content (AvgIpc) is 2.80. The van der Waals surface area contributed by atoms with Crippen LogP contribution in [0.2, 0.25) is 0 Å². The lowest BCUT2D eigenvalue weighted by Crippen LogP contribution is -2.38. The summed E-state index contributed by atoms with van der Waals surface area (Å²) in [6, 6.07) is 35.4. The van der Waals surface area contributed by atoms with E-state index >= 15 is 0 Å². The molecule has 1 atom stereocenters. The number of hydrogen-bond acceptors (Lipinski definition) is 2. The normalized spacial score (nSPS) is 11.9. The van der Waals surface area contributed by atoms with E-state index in [1.807, 2.05) is 0 Å². The van der Waals surface area contributed by atoms with Crippen molar-refractivity contribution in [1.29, 1.82) is 0 Å². The van der Waals surface area contributed by atoms with E-state index in [1.54, 1.807) is 7.11 Å². The van der Waals surface area contributed by atoms with Crippen molar-refractivity contribution in [3.8, 4) is 6.07 Å². The van der Waals surface area contributed by atoms with E-state index < -0.39 is 0 Å². The fourth-order valence-electron chi connectivity index (χ4n) is 4.36. The molecule has 2 N–H and O–H groups in total. The lowest BCUT2D eigenvalue weighted by atomic mass is 9.60. The van der Waals surface area contributed by atoms with Crippen LogP contribution in [-0.4, -0.2) is 13.7 Å². The van der Waals surface area contributed by atoms with Gasteiger partial charge in [0.25, 0.3) is 0 Å². The van der Waals surface area contributed by atoms with Gasteiger partial charge in [0.1, 0.15) is 0 Å². The molecule has 0 aliphatic carbocycles. The van der Waals surface area contributed by atoms with Gasteiger partial charge in [-0.25, -0.2) is 0 Å². The molecule has 3 heteroatoms. The highest BCUT2D eigenvalue weighted by molar-refractivity contribution is 5.51. The Morgan fingerprint density at radius 2 is 1.28 bits per heavy atom. The van der Waals surface area contributed by atoms with Crippen LogP contribution in [0.15, 0.2) is 91.0 Å². The number of nitrogens with two attached hydrogens (primary N) is 1. The maximum Gasteiger partial charge on any atom is 0.350 e. The second-order valence-corrected chi connectivity index (χ2v) is 7.17. The Hall–Kier alpha value is -3.09. The summed E-state index contributed by atoms with van der Waals surface area (Å²) in [5.74, 6) is 0.220. The molecule has 29 heavy (non-hydrogen) atoms. The summed E-state index contributed by atoms with van der Waals surface area (Å²) in [6.45, 7) is 0.659. The quantitative estimate of drug-likeness (QED) is 0.401. The van der Waals surface area contributed by atoms with Crippen LogP contribution in [-0.2, 0) is 10.3 Å². The van der Waals surface area contributed by atoms with Crippen LogP contribution >= 0.6 is 0 Å². The highest BCUT2D eigenvalue weighted by Gasteiger charge is 2.43. The van der Waals surface area contributed by atoms with Crippen LogP contribution in [0.1, 0.15) is 36.0 Å². The summed E-state index contributed by atoms with van der Waals surface area (Å²) in [5.41, 5.74) is 9.37. The van der Waals surface area contributed by atoms with Gasteiger partial charge in [-0.2, -0.15) is 4.84 Å². The van der Waals surface area contributed by atoms with Crippen molar-refractivity contribution >= 4 is 0 Å². The van der Waals surface area contributed by atoms with Gasteiger partial charge < -0.3 is 5.73 Å². The molecule has 0 heterocycles. The van der Waals surface area contributed by atoms with Gasteiger partial charge in [0, 0.05) is 5.41 Å². The Morgan fingerprint density at radius 3 is 1.66 bits per heavy atom. The van der Waals surface area contributed by atoms with Gasteiger partial charge in [0.05, 0.1) is 6.42 Å². The van der Waals surface area contributed by atoms with Gasteiger partial charge in [0.2, 0.25) is 5.01 Å². The van der Waals surface area contributed by atoms with Crippen LogP contribution in [0.25, 0.3) is 5.01 Å². The van der Waals surface area contributed by atoms with Crippen LogP contribution < -0.4 is 5.73 Å². The highest BCUT2D eigenvalue weighted by atomic mass is 16.6. The van der Waals surface area contributed by atoms with Crippen LogP contribution in [0, 0.1) is 12.0 Å². The summed E-state index contributed by atoms with van der Waals surface area (Å²) < 4.78 is 0. The van der Waals surface area contributed by atoms with Crippen molar-refractivity contribution in [3.63, 3.8) is 0 Å². The number of nitrogens with zero attached hydrogens (tertiary/aromatic N) is 1. The van der Waals surface area contributed by atoms with E-state index in [-0.39, 0.29) is 11.3 Å². The number of hydrogen-bond donors (Lipinski definition) is 1. The standard InChI is InChI=1S/C26H29N2O/c1-29-28-21-19-25(18-11-20-27)26(22-12-5-2-6-13-22,23-14-7-3-8-15-23)24-16-9-4-10-17-24/h2-10,12-17,25H,11,18-20,27H2,1H3/q+1. The molecule has 3 rings (SSSR count). The summed E-state index contributed by atoms with van der Waals surface area (Å²) >= 11 is 0. The molecule has 0 aliphatic rings. The molecule has 148 valence electrons. The van der Waals surface area contributed by atoms with Crippen LogP contribution in [0.3, 0.4) is 0 Å². The fourth-order valence-corrected chi connectivity index (χ4v) is 4.36. The lowest BCUT2D eigenvalue weighted by Gasteiger charge is -2.42. The van der Waals surface area contributed by atoms with Gasteiger partial charge in [-0.05, 0) is 42.0 Å². The molecule has 0 radical (unpaired) electrons. The number of benzene rings is 3. The first-order valence-electron chi connectivity index (χ1n) is 10.2. The molecule has 0 amide bonds. The van der Waals surface area contributed by atoms with E-state index in [4.69, 9.17) is 10.6 Å². The predicted octanol–water partition coefficient (Wildman–Crippen LogP) is 5.66. The first kappa shape index (κ1) is 20.6. The molecule has 0 aliphatic heterocycles. The first-order valence-corrected chi connectivity index (χ1v) is 10.2. The Labute approximate surface area is 173 Å². The van der Waals surface area contributed by atoms with E-state index in [0.717, 1.165) is 12.8 Å². The molecule has 0 bridgehead atoms. The van der Waals surface area contributed by atoms with Gasteiger partial charge >= 0.3 is 6.07 Å². The monoisotopic (exact) mass is 385 g/mol. The fraction of sp³-hybridized carbons (Fsp3) is 0.269. The van der Waals surface area contributed by atoms with Crippen molar-refractivity contribution in [3.05, 3.63) is 113 Å². The van der Waals surface area contributed by atoms with Gasteiger partial charge in [-0.15, -0.1) is 0 Å². The van der Waals surface area contributed by atoms with Gasteiger partial charge in [0.15, 0.2) is 7.11 Å². The zero-order valence-electron chi connectivity index (χ0n) is 17.0. The number of rotatable bonds is 8. The Morgan fingerprint density at radius 1 is 0.828 bits per heavy atom. The summed E-state index contributed by atoms with van der Waals surface area (Å²) in [7, 11) is 1.56. The molecule has 0 fully saturated rings. The Kier molecular flexibility index (Phi) is 7.44. The van der Waals surface area contributed by atoms with Crippen LogP contribution in [0.4, 0.5) is 0 Å². The van der Waals surface area contributed by atoms with Gasteiger partial charge in [-0.3, -0.25) is 0 Å². The molecule has 0 spiro atoms. The molecular formula is C26H29N2O+. The van der Waals surface area contributed by atoms with Crippen molar-refractivity contribution in [2.75, 3.05) is 13.7 Å². The topological polar surface area (TPSA) is 39.6 Å². The third-order valence-electron chi connectivity index (χ3n) is 5.55. The predicted molar refractivity (Wildman–Crippen MR) is 120 cm³/mol. The summed E-state index contributed by atoms with van der Waals surface area (Å²) in [6.07, 6.45) is 2.57. The molecule has 0 saturated carbocycles. The third-order valence-corrected chi connectivity index (χ3v) is 5.55. The molecule has 0 aromatic heterocycles. The van der Waals surface area contributed by atoms with E-state index in [2.05, 4.69) is 102 Å². The van der Waals surface area contributed by atoms with Crippen molar-refractivity contribution in [1.82, 2.24) is 0 Å². The molecule has 3 nitrogen and oxygen atoms in total.